The minimum atomic E-state index is -0.325. The third-order valence-electron chi connectivity index (χ3n) is 22.8. The average molecular weight is 1530 g/mol. The summed E-state index contributed by atoms with van der Waals surface area (Å²) >= 11 is 0. The van der Waals surface area contributed by atoms with Crippen molar-refractivity contribution in [3.05, 3.63) is 256 Å². The quantitative estimate of drug-likeness (QED) is 0.125. The molecular formula is C106H125N9. The summed E-state index contributed by atoms with van der Waals surface area (Å²) in [7, 11) is 0. The largest absolute Gasteiger partial charge is 0.355 e. The summed E-state index contributed by atoms with van der Waals surface area (Å²) in [5.74, 6) is 3.43. The van der Waals surface area contributed by atoms with E-state index in [9.17, 15) is 0 Å². The highest BCUT2D eigenvalue weighted by atomic mass is 15.1. The van der Waals surface area contributed by atoms with Gasteiger partial charge in [-0.2, -0.15) is 0 Å². The van der Waals surface area contributed by atoms with Crippen LogP contribution in [0.4, 0.5) is 22.7 Å². The molecule has 0 bridgehead atoms. The number of hydrogen-bond acceptors (Lipinski definition) is 8. The van der Waals surface area contributed by atoms with Crippen molar-refractivity contribution in [2.75, 3.05) is 10.6 Å². The van der Waals surface area contributed by atoms with E-state index in [-0.39, 0.29) is 54.1 Å². The van der Waals surface area contributed by atoms with Crippen LogP contribution in [0.5, 0.6) is 0 Å². The summed E-state index contributed by atoms with van der Waals surface area (Å²) in [6.45, 7) is 69.1. The van der Waals surface area contributed by atoms with Gasteiger partial charge in [0.25, 0.3) is 0 Å². The molecule has 3 aromatic heterocycles. The van der Waals surface area contributed by atoms with Crippen molar-refractivity contribution in [2.45, 2.75) is 262 Å². The Kier molecular flexibility index (Phi) is 21.1. The zero-order chi connectivity index (χ0) is 83.6. The lowest BCUT2D eigenvalue weighted by Gasteiger charge is -2.28. The van der Waals surface area contributed by atoms with E-state index < -0.39 is 0 Å². The molecule has 2 N–H and O–H groups in total. The smallest absolute Gasteiger partial charge is 0.164 e. The lowest BCUT2D eigenvalue weighted by Crippen LogP contribution is -2.19. The van der Waals surface area contributed by atoms with Gasteiger partial charge in [0.05, 0.1) is 22.4 Å². The predicted molar refractivity (Wildman–Crippen MR) is 492 cm³/mol. The molecule has 0 aliphatic heterocycles. The van der Waals surface area contributed by atoms with Crippen LogP contribution in [0.15, 0.2) is 200 Å². The van der Waals surface area contributed by atoms with Gasteiger partial charge in [-0.1, -0.05) is 335 Å². The van der Waals surface area contributed by atoms with Gasteiger partial charge in [0.2, 0.25) is 0 Å². The van der Waals surface area contributed by atoms with E-state index in [1.807, 2.05) is 0 Å². The molecule has 0 aliphatic carbocycles. The van der Waals surface area contributed by atoms with Crippen LogP contribution in [0.25, 0.3) is 107 Å². The van der Waals surface area contributed by atoms with Crippen molar-refractivity contribution in [3.8, 4) is 85.1 Å². The minimum absolute atomic E-state index is 0.112. The van der Waals surface area contributed by atoms with E-state index in [0.29, 0.717) is 34.9 Å². The van der Waals surface area contributed by atoms with Crippen molar-refractivity contribution in [1.82, 2.24) is 34.5 Å². The minimum Gasteiger partial charge on any atom is -0.355 e. The molecule has 0 amide bonds. The van der Waals surface area contributed by atoms with Gasteiger partial charge in [-0.3, -0.25) is 0 Å². The van der Waals surface area contributed by atoms with Crippen LogP contribution in [0.1, 0.15) is 263 Å². The van der Waals surface area contributed by atoms with Crippen LogP contribution >= 0.6 is 0 Å². The molecule has 0 radical (unpaired) electrons. The van der Waals surface area contributed by atoms with Crippen LogP contribution in [0, 0.1) is 0 Å². The lowest BCUT2D eigenvalue weighted by atomic mass is 9.78. The maximum Gasteiger partial charge on any atom is 0.164 e. The predicted octanol–water partition coefficient (Wildman–Crippen LogP) is 29.3. The molecule has 3 heterocycles. The standard InChI is InChI=1S/C106H125N9/c1-97(2,3)65-46-53-88-79(56-65)81-58-70(102(16,17)18)57-80(90(81)115(88)89-54-47-73(107-71-37-33-31-34-38-71)63-87(89)108-72-39-35-32-36-40-72)74-48-41-64(91-109-92(75-49-42-66(98(4,5)6)59-83(75)103(19,20)21)111-93(110-91)76-50-43-67(99(7,8)9)60-84(76)104(22,23)24)55-82(74)96-113-94(77-51-44-68(100(10,11)12)61-85(77)105(25,26)27)112-95(114-96)78-52-45-69(101(13,14)15)62-86(78)106(28,29)30/h31-63,107-108H,1-30H3. The van der Waals surface area contributed by atoms with Gasteiger partial charge in [-0.15, -0.1) is 0 Å². The Morgan fingerprint density at radius 2 is 0.557 bits per heavy atom. The summed E-state index contributed by atoms with van der Waals surface area (Å²) in [5.41, 5.74) is 24.1. The molecule has 0 aliphatic rings. The molecule has 594 valence electrons. The SMILES string of the molecule is CC(C)(C)c1ccc(-c2nc(-c3ccc(-c4cc(C(C)(C)C)cc5c6cc(C(C)(C)C)ccc6n(-c6ccc(Nc7ccccc7)cc6Nc6ccccc6)c45)c(-c4nc(-c5ccc(C(C)(C)C)cc5C(C)(C)C)nc(-c5ccc(C(C)(C)C)cc5C(C)(C)C)n4)c3)nc(-c3ccc(C(C)(C)C)cc3C(C)(C)C)n2)c(C(C)(C)C)c1. The first-order valence-electron chi connectivity index (χ1n) is 41.5. The van der Waals surface area contributed by atoms with Crippen molar-refractivity contribution in [1.29, 1.82) is 0 Å². The molecule has 0 spiro atoms. The van der Waals surface area contributed by atoms with E-state index in [1.54, 1.807) is 0 Å². The molecule has 0 atom stereocenters. The summed E-state index contributed by atoms with van der Waals surface area (Å²) in [6.07, 6.45) is 0. The van der Waals surface area contributed by atoms with Gasteiger partial charge in [0, 0.05) is 66.8 Å². The maximum atomic E-state index is 6.02. The topological polar surface area (TPSA) is 106 Å². The van der Waals surface area contributed by atoms with E-state index in [0.717, 1.165) is 117 Å². The fourth-order valence-electron chi connectivity index (χ4n) is 15.7. The zero-order valence-electron chi connectivity index (χ0n) is 74.7. The number of rotatable bonds is 12. The van der Waals surface area contributed by atoms with Gasteiger partial charge < -0.3 is 15.2 Å². The lowest BCUT2D eigenvalue weighted by molar-refractivity contribution is 0.568. The van der Waals surface area contributed by atoms with Crippen molar-refractivity contribution < 1.29 is 0 Å². The van der Waals surface area contributed by atoms with E-state index in [4.69, 9.17) is 29.9 Å². The molecule has 9 nitrogen and oxygen atoms in total. The van der Waals surface area contributed by atoms with E-state index >= 15 is 0 Å². The van der Waals surface area contributed by atoms with Gasteiger partial charge in [-0.05, 0) is 188 Å². The molecule has 0 saturated heterocycles. The molecule has 13 aromatic rings. The van der Waals surface area contributed by atoms with E-state index in [2.05, 4.69) is 423 Å². The normalized spacial score (nSPS) is 13.1. The van der Waals surface area contributed by atoms with Crippen LogP contribution < -0.4 is 10.6 Å². The van der Waals surface area contributed by atoms with Gasteiger partial charge >= 0.3 is 0 Å². The van der Waals surface area contributed by atoms with Crippen LogP contribution in [-0.4, -0.2) is 34.5 Å². The van der Waals surface area contributed by atoms with Crippen molar-refractivity contribution in [2.24, 2.45) is 0 Å². The Balaban J connectivity index is 1.24. The fourth-order valence-corrected chi connectivity index (χ4v) is 15.7. The number of fused-ring (bicyclic) bond motifs is 3. The average Bonchev–Trinajstić information content (AvgIpc) is 1.57. The zero-order valence-corrected chi connectivity index (χ0v) is 74.7. The van der Waals surface area contributed by atoms with Gasteiger partial charge in [0.15, 0.2) is 34.9 Å². The summed E-state index contributed by atoms with van der Waals surface area (Å²) in [4.78, 5) is 35.2. The third kappa shape index (κ3) is 17.3. The summed E-state index contributed by atoms with van der Waals surface area (Å²) in [5, 5.41) is 10.0. The Bertz CT molecular complexity index is 5670. The van der Waals surface area contributed by atoms with Gasteiger partial charge in [-0.25, -0.2) is 29.9 Å². The highest BCUT2D eigenvalue weighted by Crippen LogP contribution is 2.50. The second-order valence-electron chi connectivity index (χ2n) is 42.6. The number of para-hydroxylation sites is 2. The molecular weight excluding hydrogens is 1400 g/mol. The monoisotopic (exact) mass is 1520 g/mol. The number of nitrogens with zero attached hydrogens (tertiary/aromatic N) is 7. The summed E-state index contributed by atoms with van der Waals surface area (Å²) < 4.78 is 2.51. The Labute approximate surface area is 688 Å². The molecule has 0 fully saturated rings. The highest BCUT2D eigenvalue weighted by molar-refractivity contribution is 6.16. The van der Waals surface area contributed by atoms with Crippen LogP contribution in [0.2, 0.25) is 0 Å². The number of anilines is 4. The summed E-state index contributed by atoms with van der Waals surface area (Å²) in [6, 6.07) is 74.3. The third-order valence-corrected chi connectivity index (χ3v) is 22.8. The first kappa shape index (κ1) is 82.6. The fraction of sp³-hybridized carbons (Fsp3) is 0.377. The first-order chi connectivity index (χ1) is 53.3. The van der Waals surface area contributed by atoms with Crippen LogP contribution in [-0.2, 0) is 54.1 Å². The Morgan fingerprint density at radius 1 is 0.226 bits per heavy atom. The molecule has 0 unspecified atom stereocenters. The highest BCUT2D eigenvalue weighted by Gasteiger charge is 2.34. The number of benzene rings is 10. The van der Waals surface area contributed by atoms with Gasteiger partial charge in [0.1, 0.15) is 0 Å². The first-order valence-corrected chi connectivity index (χ1v) is 41.5. The molecule has 13 rings (SSSR count). The molecule has 9 heteroatoms. The molecule has 10 aromatic carbocycles. The second-order valence-corrected chi connectivity index (χ2v) is 42.6. The number of aromatic nitrogens is 7. The second kappa shape index (κ2) is 29.4. The number of hydrogen-bond donors (Lipinski definition) is 2. The number of nitrogens with one attached hydrogen (secondary N) is 2. The maximum absolute atomic E-state index is 6.02. The van der Waals surface area contributed by atoms with E-state index in [1.165, 1.54) is 33.4 Å². The van der Waals surface area contributed by atoms with Crippen molar-refractivity contribution in [3.63, 3.8) is 0 Å². The molecule has 115 heavy (non-hydrogen) atoms. The molecule has 0 saturated carbocycles. The van der Waals surface area contributed by atoms with Crippen molar-refractivity contribution >= 4 is 44.6 Å². The Hall–Kier alpha value is -10.4. The van der Waals surface area contributed by atoms with Crippen LogP contribution in [0.3, 0.4) is 0 Å². The Morgan fingerprint density at radius 3 is 0.930 bits per heavy atom.